The van der Waals surface area contributed by atoms with Gasteiger partial charge in [0.1, 0.15) is 0 Å². The van der Waals surface area contributed by atoms with Crippen LogP contribution in [0.1, 0.15) is 13.8 Å². The molecule has 0 fully saturated rings. The van der Waals surface area contributed by atoms with E-state index in [0.717, 1.165) is 0 Å². The Kier molecular flexibility index (Phi) is 3.01. The molecule has 0 atom stereocenters. The van der Waals surface area contributed by atoms with E-state index in [-0.39, 0.29) is 6.10 Å². The van der Waals surface area contributed by atoms with Gasteiger partial charge in [-0.1, -0.05) is 0 Å². The van der Waals surface area contributed by atoms with Crippen molar-refractivity contribution in [2.45, 2.75) is 20.0 Å². The Balaban J connectivity index is 2.94. The Bertz CT molecular complexity index is 284. The fourth-order valence-electron chi connectivity index (χ4n) is 1.04. The van der Waals surface area contributed by atoms with Gasteiger partial charge in [0.25, 0.3) is 0 Å². The molecule has 0 amide bonds. The SMILES string of the molecule is COc1ccc(N)cc1OC(C)C. The van der Waals surface area contributed by atoms with Crippen LogP contribution in [0.25, 0.3) is 0 Å². The molecule has 0 saturated carbocycles. The summed E-state index contributed by atoms with van der Waals surface area (Å²) in [4.78, 5) is 0. The zero-order chi connectivity index (χ0) is 9.84. The number of hydrogen-bond donors (Lipinski definition) is 1. The first-order chi connectivity index (χ1) is 6.13. The van der Waals surface area contributed by atoms with Crippen LogP contribution in [0.3, 0.4) is 0 Å². The lowest BCUT2D eigenvalue weighted by Gasteiger charge is -2.13. The minimum Gasteiger partial charge on any atom is -0.493 e. The van der Waals surface area contributed by atoms with Crippen LogP contribution in [-0.2, 0) is 0 Å². The molecule has 3 nitrogen and oxygen atoms in total. The number of anilines is 1. The van der Waals surface area contributed by atoms with E-state index in [1.807, 2.05) is 13.8 Å². The van der Waals surface area contributed by atoms with Crippen molar-refractivity contribution in [2.24, 2.45) is 0 Å². The fourth-order valence-corrected chi connectivity index (χ4v) is 1.04. The van der Waals surface area contributed by atoms with Crippen LogP contribution in [0.2, 0.25) is 0 Å². The lowest BCUT2D eigenvalue weighted by atomic mass is 10.3. The highest BCUT2D eigenvalue weighted by atomic mass is 16.5. The fraction of sp³-hybridized carbons (Fsp3) is 0.400. The van der Waals surface area contributed by atoms with Gasteiger partial charge < -0.3 is 15.2 Å². The van der Waals surface area contributed by atoms with E-state index in [2.05, 4.69) is 0 Å². The van der Waals surface area contributed by atoms with E-state index < -0.39 is 0 Å². The van der Waals surface area contributed by atoms with Gasteiger partial charge in [0, 0.05) is 11.8 Å². The van der Waals surface area contributed by atoms with Gasteiger partial charge in [-0.2, -0.15) is 0 Å². The molecule has 0 spiro atoms. The quantitative estimate of drug-likeness (QED) is 0.726. The number of nitrogens with two attached hydrogens (primary N) is 1. The van der Waals surface area contributed by atoms with Crippen LogP contribution < -0.4 is 15.2 Å². The molecule has 0 heterocycles. The first kappa shape index (κ1) is 9.71. The van der Waals surface area contributed by atoms with Gasteiger partial charge in [-0.15, -0.1) is 0 Å². The highest BCUT2D eigenvalue weighted by Crippen LogP contribution is 2.29. The van der Waals surface area contributed by atoms with Crippen LogP contribution in [0.4, 0.5) is 5.69 Å². The van der Waals surface area contributed by atoms with Crippen molar-refractivity contribution in [3.8, 4) is 11.5 Å². The summed E-state index contributed by atoms with van der Waals surface area (Å²) in [7, 11) is 1.61. The molecular formula is C10H15NO2. The molecule has 1 rings (SSSR count). The van der Waals surface area contributed by atoms with Crippen molar-refractivity contribution in [3.05, 3.63) is 18.2 Å². The molecule has 0 saturated heterocycles. The summed E-state index contributed by atoms with van der Waals surface area (Å²) in [6.45, 7) is 3.92. The predicted molar refractivity (Wildman–Crippen MR) is 53.2 cm³/mol. The molecule has 1 aromatic rings. The molecule has 13 heavy (non-hydrogen) atoms. The zero-order valence-corrected chi connectivity index (χ0v) is 8.20. The minimum atomic E-state index is 0.121. The third kappa shape index (κ3) is 2.54. The summed E-state index contributed by atoms with van der Waals surface area (Å²) in [5.41, 5.74) is 6.30. The van der Waals surface area contributed by atoms with Crippen molar-refractivity contribution in [1.82, 2.24) is 0 Å². The number of hydrogen-bond acceptors (Lipinski definition) is 3. The maximum Gasteiger partial charge on any atom is 0.163 e. The number of nitrogen functional groups attached to an aromatic ring is 1. The smallest absolute Gasteiger partial charge is 0.163 e. The summed E-state index contributed by atoms with van der Waals surface area (Å²) in [5.74, 6) is 1.40. The molecule has 0 aromatic heterocycles. The number of methoxy groups -OCH3 is 1. The van der Waals surface area contributed by atoms with Crippen molar-refractivity contribution in [2.75, 3.05) is 12.8 Å². The van der Waals surface area contributed by atoms with Crippen molar-refractivity contribution < 1.29 is 9.47 Å². The molecule has 0 unspecified atom stereocenters. The van der Waals surface area contributed by atoms with Crippen molar-refractivity contribution in [1.29, 1.82) is 0 Å². The third-order valence-corrected chi connectivity index (χ3v) is 1.55. The lowest BCUT2D eigenvalue weighted by molar-refractivity contribution is 0.230. The average molecular weight is 181 g/mol. The van der Waals surface area contributed by atoms with Gasteiger partial charge in [0.15, 0.2) is 11.5 Å². The van der Waals surface area contributed by atoms with E-state index in [4.69, 9.17) is 15.2 Å². The second kappa shape index (κ2) is 4.03. The number of ether oxygens (including phenoxy) is 2. The Morgan fingerprint density at radius 1 is 1.23 bits per heavy atom. The maximum atomic E-state index is 5.62. The van der Waals surface area contributed by atoms with Crippen LogP contribution in [0.5, 0.6) is 11.5 Å². The maximum absolute atomic E-state index is 5.62. The predicted octanol–water partition coefficient (Wildman–Crippen LogP) is 2.06. The van der Waals surface area contributed by atoms with Crippen LogP contribution in [0.15, 0.2) is 18.2 Å². The molecule has 0 radical (unpaired) electrons. The molecular weight excluding hydrogens is 166 g/mol. The highest BCUT2D eigenvalue weighted by molar-refractivity contribution is 5.51. The van der Waals surface area contributed by atoms with Gasteiger partial charge >= 0.3 is 0 Å². The van der Waals surface area contributed by atoms with Crippen LogP contribution in [-0.4, -0.2) is 13.2 Å². The molecule has 3 heteroatoms. The van der Waals surface area contributed by atoms with Gasteiger partial charge in [-0.05, 0) is 26.0 Å². The summed E-state index contributed by atoms with van der Waals surface area (Å²) in [6, 6.07) is 5.35. The van der Waals surface area contributed by atoms with Gasteiger partial charge in [0.2, 0.25) is 0 Å². The van der Waals surface area contributed by atoms with Crippen molar-refractivity contribution in [3.63, 3.8) is 0 Å². The lowest BCUT2D eigenvalue weighted by Crippen LogP contribution is -2.06. The van der Waals surface area contributed by atoms with E-state index >= 15 is 0 Å². The van der Waals surface area contributed by atoms with E-state index in [0.29, 0.717) is 17.2 Å². The monoisotopic (exact) mass is 181 g/mol. The second-order valence-corrected chi connectivity index (χ2v) is 3.08. The molecule has 0 bridgehead atoms. The summed E-state index contributed by atoms with van der Waals surface area (Å²) < 4.78 is 10.6. The summed E-state index contributed by atoms with van der Waals surface area (Å²) in [5, 5.41) is 0. The van der Waals surface area contributed by atoms with Crippen LogP contribution in [0, 0.1) is 0 Å². The topological polar surface area (TPSA) is 44.5 Å². The second-order valence-electron chi connectivity index (χ2n) is 3.08. The molecule has 2 N–H and O–H groups in total. The Morgan fingerprint density at radius 2 is 1.92 bits per heavy atom. The van der Waals surface area contributed by atoms with Gasteiger partial charge in [-0.3, -0.25) is 0 Å². The third-order valence-electron chi connectivity index (χ3n) is 1.55. The Hall–Kier alpha value is -1.38. The van der Waals surface area contributed by atoms with Gasteiger partial charge in [0.05, 0.1) is 13.2 Å². The normalized spacial score (nSPS) is 10.2. The van der Waals surface area contributed by atoms with E-state index in [1.54, 1.807) is 25.3 Å². The molecule has 0 aliphatic carbocycles. The average Bonchev–Trinajstić information content (AvgIpc) is 2.03. The molecule has 0 aliphatic rings. The van der Waals surface area contributed by atoms with Crippen molar-refractivity contribution >= 4 is 5.69 Å². The number of rotatable bonds is 3. The molecule has 1 aromatic carbocycles. The zero-order valence-electron chi connectivity index (χ0n) is 8.20. The largest absolute Gasteiger partial charge is 0.493 e. The van der Waals surface area contributed by atoms with E-state index in [9.17, 15) is 0 Å². The Labute approximate surface area is 78.5 Å². The standard InChI is InChI=1S/C10H15NO2/c1-7(2)13-10-6-8(11)4-5-9(10)12-3/h4-7H,11H2,1-3H3. The Morgan fingerprint density at radius 3 is 2.46 bits per heavy atom. The molecule has 0 aliphatic heterocycles. The van der Waals surface area contributed by atoms with E-state index in [1.165, 1.54) is 0 Å². The highest BCUT2D eigenvalue weighted by Gasteiger charge is 2.05. The van der Waals surface area contributed by atoms with Gasteiger partial charge in [-0.25, -0.2) is 0 Å². The first-order valence-corrected chi connectivity index (χ1v) is 4.23. The number of benzene rings is 1. The van der Waals surface area contributed by atoms with Crippen LogP contribution >= 0.6 is 0 Å². The minimum absolute atomic E-state index is 0.121. The first-order valence-electron chi connectivity index (χ1n) is 4.23. The molecule has 72 valence electrons. The summed E-state index contributed by atoms with van der Waals surface area (Å²) >= 11 is 0. The summed E-state index contributed by atoms with van der Waals surface area (Å²) in [6.07, 6.45) is 0.121.